The lowest BCUT2D eigenvalue weighted by Gasteiger charge is -2.13. The van der Waals surface area contributed by atoms with E-state index in [-0.39, 0.29) is 12.1 Å². The van der Waals surface area contributed by atoms with Gasteiger partial charge in [-0.3, -0.25) is 0 Å². The normalized spacial score (nSPS) is 15.0. The zero-order chi connectivity index (χ0) is 12.0. The Hall–Kier alpha value is -0.800. The zero-order valence-electron chi connectivity index (χ0n) is 10.5. The molecule has 1 rings (SSSR count). The van der Waals surface area contributed by atoms with Crippen LogP contribution in [0.3, 0.4) is 0 Å². The summed E-state index contributed by atoms with van der Waals surface area (Å²) in [5.41, 5.74) is 1.19. The Balaban J connectivity index is 2.21. The van der Waals surface area contributed by atoms with Crippen LogP contribution in [0.15, 0.2) is 16.7 Å². The number of aliphatic hydroxyl groups is 1. The third kappa shape index (κ3) is 3.99. The highest BCUT2D eigenvalue weighted by Gasteiger charge is 2.10. The number of hydrogen-bond acceptors (Lipinski definition) is 3. The first kappa shape index (κ1) is 13.3. The van der Waals surface area contributed by atoms with Crippen molar-refractivity contribution in [3.8, 4) is 0 Å². The Morgan fingerprint density at radius 1 is 1.50 bits per heavy atom. The molecular formula is C13H23NO2. The standard InChI is InChI=1S/C13H23NO2/c1-4-12(15)6-5-8-14-11(3)13-10(2)7-9-16-13/h7,9,11-12,14-15H,4-6,8H2,1-3H3. The summed E-state index contributed by atoms with van der Waals surface area (Å²) in [7, 11) is 0. The largest absolute Gasteiger partial charge is 0.467 e. The van der Waals surface area contributed by atoms with Crippen molar-refractivity contribution in [3.63, 3.8) is 0 Å². The van der Waals surface area contributed by atoms with Crippen molar-refractivity contribution in [2.45, 2.75) is 52.2 Å². The van der Waals surface area contributed by atoms with Crippen molar-refractivity contribution < 1.29 is 9.52 Å². The molecule has 0 spiro atoms. The second kappa shape index (κ2) is 6.71. The molecule has 2 unspecified atom stereocenters. The average Bonchev–Trinajstić information content (AvgIpc) is 2.70. The summed E-state index contributed by atoms with van der Waals surface area (Å²) in [5, 5.41) is 12.8. The van der Waals surface area contributed by atoms with E-state index >= 15 is 0 Å². The predicted octanol–water partition coefficient (Wildman–Crippen LogP) is 2.79. The summed E-state index contributed by atoms with van der Waals surface area (Å²) >= 11 is 0. The Bertz CT molecular complexity index is 296. The van der Waals surface area contributed by atoms with Gasteiger partial charge in [-0.25, -0.2) is 0 Å². The zero-order valence-corrected chi connectivity index (χ0v) is 10.5. The molecule has 3 nitrogen and oxygen atoms in total. The quantitative estimate of drug-likeness (QED) is 0.701. The predicted molar refractivity (Wildman–Crippen MR) is 65.4 cm³/mol. The van der Waals surface area contributed by atoms with E-state index in [4.69, 9.17) is 4.42 Å². The van der Waals surface area contributed by atoms with Gasteiger partial charge in [-0.15, -0.1) is 0 Å². The van der Waals surface area contributed by atoms with Gasteiger partial charge in [-0.05, 0) is 51.3 Å². The molecule has 0 aliphatic rings. The summed E-state index contributed by atoms with van der Waals surface area (Å²) < 4.78 is 5.41. The molecule has 0 fully saturated rings. The molecule has 0 aliphatic carbocycles. The fourth-order valence-corrected chi connectivity index (χ4v) is 1.78. The summed E-state index contributed by atoms with van der Waals surface area (Å²) in [5.74, 6) is 1.01. The van der Waals surface area contributed by atoms with Crippen LogP contribution in [0.5, 0.6) is 0 Å². The Labute approximate surface area is 97.9 Å². The summed E-state index contributed by atoms with van der Waals surface area (Å²) in [6.07, 6.45) is 4.28. The summed E-state index contributed by atoms with van der Waals surface area (Å²) in [6, 6.07) is 2.22. The van der Waals surface area contributed by atoms with Crippen LogP contribution in [-0.2, 0) is 0 Å². The molecule has 2 atom stereocenters. The van der Waals surface area contributed by atoms with Gasteiger partial charge < -0.3 is 14.8 Å². The van der Waals surface area contributed by atoms with Crippen LogP contribution in [0.1, 0.15) is 50.5 Å². The van der Waals surface area contributed by atoms with Gasteiger partial charge in [0.05, 0.1) is 18.4 Å². The second-order valence-electron chi connectivity index (χ2n) is 4.35. The molecule has 16 heavy (non-hydrogen) atoms. The SMILES string of the molecule is CCC(O)CCCNC(C)c1occc1C. The first-order valence-electron chi connectivity index (χ1n) is 6.10. The van der Waals surface area contributed by atoms with E-state index in [9.17, 15) is 5.11 Å². The van der Waals surface area contributed by atoms with Gasteiger partial charge in [0.1, 0.15) is 5.76 Å². The van der Waals surface area contributed by atoms with Crippen LogP contribution < -0.4 is 5.32 Å². The first-order valence-corrected chi connectivity index (χ1v) is 6.10. The van der Waals surface area contributed by atoms with Crippen molar-refractivity contribution in [2.75, 3.05) is 6.54 Å². The van der Waals surface area contributed by atoms with Gasteiger partial charge in [0.25, 0.3) is 0 Å². The maximum Gasteiger partial charge on any atom is 0.123 e. The maximum atomic E-state index is 9.40. The van der Waals surface area contributed by atoms with Crippen molar-refractivity contribution >= 4 is 0 Å². The van der Waals surface area contributed by atoms with Crippen LogP contribution >= 0.6 is 0 Å². The minimum atomic E-state index is -0.151. The number of furan rings is 1. The van der Waals surface area contributed by atoms with E-state index in [0.29, 0.717) is 0 Å². The Morgan fingerprint density at radius 2 is 2.25 bits per heavy atom. The van der Waals surface area contributed by atoms with Crippen molar-refractivity contribution in [2.24, 2.45) is 0 Å². The average molecular weight is 225 g/mol. The number of nitrogens with one attached hydrogen (secondary N) is 1. The maximum absolute atomic E-state index is 9.40. The molecule has 3 heteroatoms. The van der Waals surface area contributed by atoms with Crippen LogP contribution in [0.4, 0.5) is 0 Å². The van der Waals surface area contributed by atoms with Gasteiger partial charge in [-0.2, -0.15) is 0 Å². The monoisotopic (exact) mass is 225 g/mol. The van der Waals surface area contributed by atoms with Gasteiger partial charge in [-0.1, -0.05) is 6.92 Å². The fraction of sp³-hybridized carbons (Fsp3) is 0.692. The molecule has 0 aromatic carbocycles. The number of aryl methyl sites for hydroxylation is 1. The number of hydrogen-bond donors (Lipinski definition) is 2. The molecule has 0 saturated carbocycles. The number of rotatable bonds is 7. The highest BCUT2D eigenvalue weighted by Crippen LogP contribution is 2.17. The fourth-order valence-electron chi connectivity index (χ4n) is 1.78. The van der Waals surface area contributed by atoms with E-state index in [0.717, 1.165) is 31.6 Å². The third-order valence-corrected chi connectivity index (χ3v) is 2.93. The van der Waals surface area contributed by atoms with E-state index in [1.54, 1.807) is 6.26 Å². The summed E-state index contributed by atoms with van der Waals surface area (Å²) in [4.78, 5) is 0. The van der Waals surface area contributed by atoms with Crippen molar-refractivity contribution in [1.82, 2.24) is 5.32 Å². The van der Waals surface area contributed by atoms with Crippen molar-refractivity contribution in [3.05, 3.63) is 23.7 Å². The third-order valence-electron chi connectivity index (χ3n) is 2.93. The molecule has 92 valence electrons. The molecule has 2 N–H and O–H groups in total. The molecule has 0 radical (unpaired) electrons. The van der Waals surface area contributed by atoms with Crippen LogP contribution in [-0.4, -0.2) is 17.8 Å². The van der Waals surface area contributed by atoms with Gasteiger partial charge in [0.15, 0.2) is 0 Å². The highest BCUT2D eigenvalue weighted by molar-refractivity contribution is 5.17. The minimum absolute atomic E-state index is 0.151. The van der Waals surface area contributed by atoms with Crippen LogP contribution in [0.25, 0.3) is 0 Å². The van der Waals surface area contributed by atoms with E-state index in [1.807, 2.05) is 13.0 Å². The second-order valence-corrected chi connectivity index (χ2v) is 4.35. The first-order chi connectivity index (χ1) is 7.65. The van der Waals surface area contributed by atoms with Crippen LogP contribution in [0, 0.1) is 6.92 Å². The van der Waals surface area contributed by atoms with Crippen LogP contribution in [0.2, 0.25) is 0 Å². The lowest BCUT2D eigenvalue weighted by atomic mass is 10.1. The lowest BCUT2D eigenvalue weighted by molar-refractivity contribution is 0.157. The Kier molecular flexibility index (Phi) is 5.56. The Morgan fingerprint density at radius 3 is 2.81 bits per heavy atom. The van der Waals surface area contributed by atoms with Gasteiger partial charge in [0.2, 0.25) is 0 Å². The number of aliphatic hydroxyl groups excluding tert-OH is 1. The molecule has 1 aromatic heterocycles. The molecule has 0 bridgehead atoms. The highest BCUT2D eigenvalue weighted by atomic mass is 16.3. The minimum Gasteiger partial charge on any atom is -0.467 e. The molecule has 0 saturated heterocycles. The molecule has 1 aromatic rings. The molecular weight excluding hydrogens is 202 g/mol. The van der Waals surface area contributed by atoms with Crippen molar-refractivity contribution in [1.29, 1.82) is 0 Å². The van der Waals surface area contributed by atoms with E-state index in [2.05, 4.69) is 19.2 Å². The molecule has 0 aliphatic heterocycles. The lowest BCUT2D eigenvalue weighted by Crippen LogP contribution is -2.21. The van der Waals surface area contributed by atoms with E-state index in [1.165, 1.54) is 5.56 Å². The van der Waals surface area contributed by atoms with E-state index < -0.39 is 0 Å². The topological polar surface area (TPSA) is 45.4 Å². The molecule has 0 amide bonds. The van der Waals surface area contributed by atoms with Gasteiger partial charge in [0, 0.05) is 0 Å². The van der Waals surface area contributed by atoms with Gasteiger partial charge >= 0.3 is 0 Å². The smallest absolute Gasteiger partial charge is 0.123 e. The summed E-state index contributed by atoms with van der Waals surface area (Å²) in [6.45, 7) is 7.07. The molecule has 1 heterocycles.